The summed E-state index contributed by atoms with van der Waals surface area (Å²) in [6.45, 7) is 0. The fourth-order valence-corrected chi connectivity index (χ4v) is 4.56. The summed E-state index contributed by atoms with van der Waals surface area (Å²) in [5.41, 5.74) is 6.70. The zero-order valence-electron chi connectivity index (χ0n) is 13.5. The highest BCUT2D eigenvalue weighted by Crippen LogP contribution is 2.44. The van der Waals surface area contributed by atoms with Crippen LogP contribution in [0.3, 0.4) is 0 Å². The molecule has 126 valence electrons. The number of ketones is 1. The molecule has 6 heteroatoms. The van der Waals surface area contributed by atoms with E-state index in [2.05, 4.69) is 11.4 Å². The largest absolute Gasteiger partial charge is 0.390 e. The molecule has 0 saturated heterocycles. The lowest BCUT2D eigenvalue weighted by atomic mass is 9.69. The summed E-state index contributed by atoms with van der Waals surface area (Å²) < 4.78 is 0. The van der Waals surface area contributed by atoms with Crippen molar-refractivity contribution >= 4 is 28.0 Å². The first kappa shape index (κ1) is 15.9. The third kappa shape index (κ3) is 2.43. The number of nitrogens with two attached hydrogens (primary N) is 1. The van der Waals surface area contributed by atoms with Crippen molar-refractivity contribution < 1.29 is 9.59 Å². The number of nitrogens with one attached hydrogen (secondary N) is 1. The highest BCUT2D eigenvalue weighted by atomic mass is 32.1. The number of benzene rings is 1. The molecule has 0 radical (unpaired) electrons. The van der Waals surface area contributed by atoms with Gasteiger partial charge >= 0.3 is 0 Å². The van der Waals surface area contributed by atoms with E-state index in [1.165, 1.54) is 0 Å². The Morgan fingerprint density at radius 1 is 1.32 bits per heavy atom. The van der Waals surface area contributed by atoms with Crippen LogP contribution in [0.4, 0.5) is 5.00 Å². The van der Waals surface area contributed by atoms with Gasteiger partial charge in [-0.2, -0.15) is 5.26 Å². The molecule has 1 atom stereocenters. The van der Waals surface area contributed by atoms with E-state index < -0.39 is 5.41 Å². The molecular weight excluding hydrogens is 334 g/mol. The zero-order chi connectivity index (χ0) is 17.6. The molecule has 0 spiro atoms. The van der Waals surface area contributed by atoms with Crippen LogP contribution in [0, 0.1) is 11.3 Å². The molecule has 1 amide bonds. The lowest BCUT2D eigenvalue weighted by Crippen LogP contribution is -2.39. The fourth-order valence-electron chi connectivity index (χ4n) is 3.43. The van der Waals surface area contributed by atoms with E-state index in [0.29, 0.717) is 39.4 Å². The first-order chi connectivity index (χ1) is 12.1. The van der Waals surface area contributed by atoms with Crippen molar-refractivity contribution in [2.75, 3.05) is 5.73 Å². The summed E-state index contributed by atoms with van der Waals surface area (Å²) >= 11 is 1.13. The van der Waals surface area contributed by atoms with Gasteiger partial charge in [0.1, 0.15) is 5.41 Å². The van der Waals surface area contributed by atoms with Crippen LogP contribution in [-0.2, 0) is 11.8 Å². The van der Waals surface area contributed by atoms with Gasteiger partial charge < -0.3 is 11.1 Å². The van der Waals surface area contributed by atoms with Crippen molar-refractivity contribution in [1.82, 2.24) is 5.32 Å². The Labute approximate surface area is 149 Å². The molecule has 1 heterocycles. The van der Waals surface area contributed by atoms with E-state index in [-0.39, 0.29) is 17.7 Å². The molecule has 2 aliphatic rings. The molecule has 1 unspecified atom stereocenters. The molecule has 4 rings (SSSR count). The molecule has 2 aromatic rings. The summed E-state index contributed by atoms with van der Waals surface area (Å²) in [6.07, 6.45) is 2.83. The summed E-state index contributed by atoms with van der Waals surface area (Å²) in [7, 11) is 0. The molecule has 1 fully saturated rings. The van der Waals surface area contributed by atoms with Gasteiger partial charge in [-0.3, -0.25) is 9.59 Å². The van der Waals surface area contributed by atoms with Crippen molar-refractivity contribution in [2.24, 2.45) is 0 Å². The van der Waals surface area contributed by atoms with Gasteiger partial charge in [0.2, 0.25) is 0 Å². The maximum Gasteiger partial charge on any atom is 0.254 e. The van der Waals surface area contributed by atoms with Crippen molar-refractivity contribution in [2.45, 2.75) is 37.1 Å². The molecule has 1 saturated carbocycles. The summed E-state index contributed by atoms with van der Waals surface area (Å²) in [6, 6.07) is 11.6. The fraction of sp³-hybridized carbons (Fsp3) is 0.316. The minimum absolute atomic E-state index is 0.200. The van der Waals surface area contributed by atoms with E-state index >= 15 is 0 Å². The number of carbonyl (C=O) groups is 2. The number of rotatable bonds is 3. The Hall–Kier alpha value is -2.65. The number of nitriles is 1. The van der Waals surface area contributed by atoms with Crippen LogP contribution in [0.1, 0.15) is 50.4 Å². The average Bonchev–Trinajstić information content (AvgIpc) is 3.36. The Morgan fingerprint density at radius 2 is 2.04 bits per heavy atom. The quantitative estimate of drug-likeness (QED) is 0.889. The molecular formula is C19H17N3O2S. The van der Waals surface area contributed by atoms with E-state index in [1.54, 1.807) is 0 Å². The summed E-state index contributed by atoms with van der Waals surface area (Å²) in [4.78, 5) is 26.1. The predicted octanol–water partition coefficient (Wildman–Crippen LogP) is 2.81. The van der Waals surface area contributed by atoms with Gasteiger partial charge in [0.25, 0.3) is 5.91 Å². The molecule has 2 aliphatic carbocycles. The Kier molecular flexibility index (Phi) is 3.62. The van der Waals surface area contributed by atoms with Gasteiger partial charge in [-0.1, -0.05) is 30.3 Å². The van der Waals surface area contributed by atoms with Crippen LogP contribution in [0.25, 0.3) is 0 Å². The number of carbonyl (C=O) groups excluding carboxylic acids is 2. The van der Waals surface area contributed by atoms with Crippen LogP contribution in [-0.4, -0.2) is 17.7 Å². The minimum Gasteiger partial charge on any atom is -0.390 e. The van der Waals surface area contributed by atoms with Gasteiger partial charge in [0.05, 0.1) is 21.5 Å². The van der Waals surface area contributed by atoms with Crippen LogP contribution in [0.5, 0.6) is 0 Å². The number of nitrogen functional groups attached to an aromatic ring is 1. The molecule has 25 heavy (non-hydrogen) atoms. The first-order valence-corrected chi connectivity index (χ1v) is 9.12. The third-order valence-electron chi connectivity index (χ3n) is 4.98. The second-order valence-corrected chi connectivity index (χ2v) is 7.66. The monoisotopic (exact) mass is 351 g/mol. The number of Topliss-reactive ketones (excluding diaryl/α,β-unsaturated/α-hetero) is 1. The summed E-state index contributed by atoms with van der Waals surface area (Å²) in [5.74, 6) is -0.445. The molecule has 1 aromatic carbocycles. The standard InChI is InChI=1S/C19H17N3O2S/c20-10-19(11-4-2-1-3-5-11)9-8-13-14(18(24)22-12-6-7-12)17(21)25-15(13)16(19)23/h1-5,12H,6-9,21H2,(H,22,24). The van der Waals surface area contributed by atoms with Crippen LogP contribution in [0.15, 0.2) is 30.3 Å². The van der Waals surface area contributed by atoms with Gasteiger partial charge in [0.15, 0.2) is 5.78 Å². The molecule has 0 aliphatic heterocycles. The number of thiophene rings is 1. The van der Waals surface area contributed by atoms with Crippen molar-refractivity contribution in [3.05, 3.63) is 51.9 Å². The van der Waals surface area contributed by atoms with E-state index in [9.17, 15) is 14.9 Å². The number of hydrogen-bond acceptors (Lipinski definition) is 5. The predicted molar refractivity (Wildman–Crippen MR) is 95.6 cm³/mol. The van der Waals surface area contributed by atoms with E-state index in [0.717, 1.165) is 24.2 Å². The van der Waals surface area contributed by atoms with Gasteiger partial charge in [0, 0.05) is 6.04 Å². The highest BCUT2D eigenvalue weighted by molar-refractivity contribution is 7.18. The van der Waals surface area contributed by atoms with Crippen molar-refractivity contribution in [3.8, 4) is 6.07 Å². The van der Waals surface area contributed by atoms with Crippen molar-refractivity contribution in [3.63, 3.8) is 0 Å². The second-order valence-electron chi connectivity index (χ2n) is 6.61. The van der Waals surface area contributed by atoms with Crippen LogP contribution >= 0.6 is 11.3 Å². The molecule has 3 N–H and O–H groups in total. The minimum atomic E-state index is -1.20. The number of anilines is 1. The normalized spacial score (nSPS) is 22.1. The van der Waals surface area contributed by atoms with E-state index in [4.69, 9.17) is 5.73 Å². The molecule has 0 bridgehead atoms. The second kappa shape index (κ2) is 5.71. The van der Waals surface area contributed by atoms with Crippen LogP contribution < -0.4 is 11.1 Å². The van der Waals surface area contributed by atoms with Crippen molar-refractivity contribution in [1.29, 1.82) is 5.26 Å². The number of amides is 1. The number of nitrogens with zero attached hydrogens (tertiary/aromatic N) is 1. The van der Waals surface area contributed by atoms with Gasteiger partial charge in [-0.05, 0) is 36.8 Å². The lowest BCUT2D eigenvalue weighted by Gasteiger charge is -2.29. The maximum absolute atomic E-state index is 13.2. The van der Waals surface area contributed by atoms with Gasteiger partial charge in [-0.15, -0.1) is 11.3 Å². The van der Waals surface area contributed by atoms with E-state index in [1.807, 2.05) is 30.3 Å². The molecule has 1 aromatic heterocycles. The molecule has 5 nitrogen and oxygen atoms in total. The summed E-state index contributed by atoms with van der Waals surface area (Å²) in [5, 5.41) is 13.1. The Bertz CT molecular complexity index is 909. The Balaban J connectivity index is 1.77. The number of fused-ring (bicyclic) bond motifs is 1. The topological polar surface area (TPSA) is 96.0 Å². The first-order valence-electron chi connectivity index (χ1n) is 8.30. The zero-order valence-corrected chi connectivity index (χ0v) is 14.4. The smallest absolute Gasteiger partial charge is 0.254 e. The highest BCUT2D eigenvalue weighted by Gasteiger charge is 2.47. The van der Waals surface area contributed by atoms with Crippen LogP contribution in [0.2, 0.25) is 0 Å². The lowest BCUT2D eigenvalue weighted by molar-refractivity contribution is 0.0908. The van der Waals surface area contributed by atoms with Gasteiger partial charge in [-0.25, -0.2) is 0 Å². The number of hydrogen-bond donors (Lipinski definition) is 2. The maximum atomic E-state index is 13.2. The average molecular weight is 351 g/mol. The third-order valence-corrected chi connectivity index (χ3v) is 6.04. The Morgan fingerprint density at radius 3 is 2.68 bits per heavy atom. The SMILES string of the molecule is N#CC1(c2ccccc2)CCc2c(sc(N)c2C(=O)NC2CC2)C1=O.